The lowest BCUT2D eigenvalue weighted by Gasteiger charge is -2.45. The van der Waals surface area contributed by atoms with Crippen LogP contribution in [0.5, 0.6) is 0 Å². The summed E-state index contributed by atoms with van der Waals surface area (Å²) in [5.41, 5.74) is -0.296. The van der Waals surface area contributed by atoms with Crippen LogP contribution in [-0.2, 0) is 4.74 Å². The first-order valence-electron chi connectivity index (χ1n) is 9.25. The molecule has 1 saturated carbocycles. The van der Waals surface area contributed by atoms with Crippen LogP contribution >= 0.6 is 0 Å². The van der Waals surface area contributed by atoms with Crippen LogP contribution in [-0.4, -0.2) is 47.4 Å². The smallest absolute Gasteiger partial charge is 0.0690 e. The number of hydrogen-bond acceptors (Lipinski definition) is 3. The Labute approximate surface area is 130 Å². The van der Waals surface area contributed by atoms with Gasteiger partial charge in [-0.3, -0.25) is 0 Å². The fourth-order valence-electron chi connectivity index (χ4n) is 5.00. The molecule has 0 radical (unpaired) electrons. The summed E-state index contributed by atoms with van der Waals surface area (Å²) in [4.78, 5) is 2.54. The Kier molecular flexibility index (Phi) is 4.92. The summed E-state index contributed by atoms with van der Waals surface area (Å²) in [5, 5.41) is 11.3. The van der Waals surface area contributed by atoms with Gasteiger partial charge in [0.15, 0.2) is 0 Å². The molecule has 1 N–H and O–H groups in total. The van der Waals surface area contributed by atoms with Gasteiger partial charge in [0.1, 0.15) is 0 Å². The van der Waals surface area contributed by atoms with Crippen LogP contribution in [0, 0.1) is 5.92 Å². The van der Waals surface area contributed by atoms with Gasteiger partial charge in [-0.15, -0.1) is 0 Å². The average molecular weight is 295 g/mol. The van der Waals surface area contributed by atoms with E-state index in [0.717, 1.165) is 45.3 Å². The molecular formula is C18H33NO2. The van der Waals surface area contributed by atoms with Crippen LogP contribution in [0.2, 0.25) is 0 Å². The van der Waals surface area contributed by atoms with E-state index < -0.39 is 5.60 Å². The maximum atomic E-state index is 11.3. The van der Waals surface area contributed by atoms with Crippen molar-refractivity contribution < 1.29 is 9.84 Å². The van der Waals surface area contributed by atoms with Crippen molar-refractivity contribution in [3.63, 3.8) is 0 Å². The summed E-state index contributed by atoms with van der Waals surface area (Å²) in [6.07, 6.45) is 11.6. The topological polar surface area (TPSA) is 32.7 Å². The molecule has 3 nitrogen and oxygen atoms in total. The Morgan fingerprint density at radius 3 is 2.67 bits per heavy atom. The molecule has 3 rings (SSSR count). The zero-order valence-corrected chi connectivity index (χ0v) is 13.8. The Balaban J connectivity index is 1.64. The minimum Gasteiger partial charge on any atom is -0.390 e. The van der Waals surface area contributed by atoms with E-state index in [-0.39, 0.29) is 5.60 Å². The molecule has 2 aliphatic heterocycles. The van der Waals surface area contributed by atoms with Crippen molar-refractivity contribution in [1.29, 1.82) is 0 Å². The van der Waals surface area contributed by atoms with Crippen molar-refractivity contribution in [1.82, 2.24) is 4.90 Å². The fourth-order valence-corrected chi connectivity index (χ4v) is 5.00. The highest BCUT2D eigenvalue weighted by molar-refractivity contribution is 4.98. The van der Waals surface area contributed by atoms with E-state index >= 15 is 0 Å². The van der Waals surface area contributed by atoms with Crippen molar-refractivity contribution in [3.05, 3.63) is 0 Å². The van der Waals surface area contributed by atoms with Crippen molar-refractivity contribution in [2.75, 3.05) is 26.2 Å². The third-order valence-corrected chi connectivity index (χ3v) is 6.25. The van der Waals surface area contributed by atoms with Crippen LogP contribution in [0.3, 0.4) is 0 Å². The maximum absolute atomic E-state index is 11.3. The van der Waals surface area contributed by atoms with E-state index in [0.29, 0.717) is 5.92 Å². The van der Waals surface area contributed by atoms with E-state index in [2.05, 4.69) is 11.8 Å². The molecule has 2 heterocycles. The standard InChI is InChI=1S/C18H33NO2/c1-2-11-19-12-5-9-18(20,10-13-19)16-6-14-21-17(15-16)7-3-4-8-17/h16,20H,2-15H2,1H3. The minimum atomic E-state index is -0.429. The van der Waals surface area contributed by atoms with Gasteiger partial charge in [0.25, 0.3) is 0 Å². The van der Waals surface area contributed by atoms with Gasteiger partial charge in [-0.1, -0.05) is 19.8 Å². The Hall–Kier alpha value is -0.120. The van der Waals surface area contributed by atoms with Gasteiger partial charge in [-0.05, 0) is 70.4 Å². The van der Waals surface area contributed by atoms with Gasteiger partial charge in [-0.25, -0.2) is 0 Å². The van der Waals surface area contributed by atoms with Gasteiger partial charge >= 0.3 is 0 Å². The molecule has 0 aromatic rings. The summed E-state index contributed by atoms with van der Waals surface area (Å²) in [7, 11) is 0. The highest BCUT2D eigenvalue weighted by atomic mass is 16.5. The number of aliphatic hydroxyl groups is 1. The predicted molar refractivity (Wildman–Crippen MR) is 85.4 cm³/mol. The molecule has 1 aliphatic carbocycles. The molecule has 2 saturated heterocycles. The van der Waals surface area contributed by atoms with E-state index in [1.165, 1.54) is 45.2 Å². The monoisotopic (exact) mass is 295 g/mol. The van der Waals surface area contributed by atoms with Crippen molar-refractivity contribution in [2.45, 2.75) is 82.3 Å². The largest absolute Gasteiger partial charge is 0.390 e. The Morgan fingerprint density at radius 2 is 1.90 bits per heavy atom. The third-order valence-electron chi connectivity index (χ3n) is 6.25. The van der Waals surface area contributed by atoms with E-state index in [9.17, 15) is 5.11 Å². The highest BCUT2D eigenvalue weighted by Gasteiger charge is 2.47. The van der Waals surface area contributed by atoms with E-state index in [1.807, 2.05) is 0 Å². The average Bonchev–Trinajstić information content (AvgIpc) is 2.83. The predicted octanol–water partition coefficient (Wildman–Crippen LogP) is 3.35. The lowest BCUT2D eigenvalue weighted by atomic mass is 9.72. The Bertz CT molecular complexity index is 340. The quantitative estimate of drug-likeness (QED) is 0.866. The number of hydrogen-bond donors (Lipinski definition) is 1. The molecular weight excluding hydrogens is 262 g/mol. The highest BCUT2D eigenvalue weighted by Crippen LogP contribution is 2.47. The third kappa shape index (κ3) is 3.46. The molecule has 0 amide bonds. The normalized spacial score (nSPS) is 37.7. The summed E-state index contributed by atoms with van der Waals surface area (Å²) in [6, 6.07) is 0. The molecule has 3 aliphatic rings. The summed E-state index contributed by atoms with van der Waals surface area (Å²) in [6.45, 7) is 6.55. The number of likely N-dealkylation sites (tertiary alicyclic amines) is 1. The molecule has 3 fully saturated rings. The lowest BCUT2D eigenvalue weighted by Crippen LogP contribution is -2.48. The molecule has 2 unspecified atom stereocenters. The van der Waals surface area contributed by atoms with Gasteiger partial charge < -0.3 is 14.7 Å². The zero-order chi connectivity index (χ0) is 14.8. The SMILES string of the molecule is CCCN1CCCC(O)(C2CCOC3(CCCC3)C2)CC1. The van der Waals surface area contributed by atoms with E-state index in [1.54, 1.807) is 0 Å². The lowest BCUT2D eigenvalue weighted by molar-refractivity contribution is -0.143. The van der Waals surface area contributed by atoms with Crippen LogP contribution in [0.4, 0.5) is 0 Å². The van der Waals surface area contributed by atoms with Crippen LogP contribution in [0.15, 0.2) is 0 Å². The van der Waals surface area contributed by atoms with Gasteiger partial charge in [0.2, 0.25) is 0 Å². The summed E-state index contributed by atoms with van der Waals surface area (Å²) < 4.78 is 6.16. The molecule has 0 aromatic heterocycles. The second kappa shape index (κ2) is 6.55. The first-order valence-corrected chi connectivity index (χ1v) is 9.25. The molecule has 1 spiro atoms. The summed E-state index contributed by atoms with van der Waals surface area (Å²) in [5.74, 6) is 0.464. The van der Waals surface area contributed by atoms with Crippen molar-refractivity contribution in [2.24, 2.45) is 5.92 Å². The molecule has 21 heavy (non-hydrogen) atoms. The molecule has 3 heteroatoms. The fraction of sp³-hybridized carbons (Fsp3) is 1.00. The Morgan fingerprint density at radius 1 is 1.10 bits per heavy atom. The zero-order valence-electron chi connectivity index (χ0n) is 13.8. The minimum absolute atomic E-state index is 0.133. The first kappa shape index (κ1) is 15.8. The van der Waals surface area contributed by atoms with Crippen LogP contribution in [0.25, 0.3) is 0 Å². The van der Waals surface area contributed by atoms with Crippen LogP contribution in [0.1, 0.15) is 71.1 Å². The van der Waals surface area contributed by atoms with Gasteiger partial charge in [-0.2, -0.15) is 0 Å². The van der Waals surface area contributed by atoms with Crippen molar-refractivity contribution >= 4 is 0 Å². The first-order chi connectivity index (χ1) is 10.2. The number of rotatable bonds is 3. The van der Waals surface area contributed by atoms with Crippen molar-refractivity contribution in [3.8, 4) is 0 Å². The summed E-state index contributed by atoms with van der Waals surface area (Å²) >= 11 is 0. The maximum Gasteiger partial charge on any atom is 0.0690 e. The molecule has 2 atom stereocenters. The number of ether oxygens (including phenoxy) is 1. The molecule has 122 valence electrons. The molecule has 0 bridgehead atoms. The number of nitrogens with zero attached hydrogens (tertiary/aromatic N) is 1. The second-order valence-electron chi connectivity index (χ2n) is 7.73. The van der Waals surface area contributed by atoms with Gasteiger partial charge in [0, 0.05) is 13.2 Å². The van der Waals surface area contributed by atoms with Crippen LogP contribution < -0.4 is 0 Å². The van der Waals surface area contributed by atoms with E-state index in [4.69, 9.17) is 4.74 Å². The second-order valence-corrected chi connectivity index (χ2v) is 7.73. The molecule has 0 aromatic carbocycles. The van der Waals surface area contributed by atoms with Gasteiger partial charge in [0.05, 0.1) is 11.2 Å².